The van der Waals surface area contributed by atoms with E-state index in [-0.39, 0.29) is 6.92 Å². The maximum atomic E-state index is 13.7. The Balaban J connectivity index is 6.01. The van der Waals surface area contributed by atoms with Gasteiger partial charge in [-0.15, -0.1) is 0 Å². The van der Waals surface area contributed by atoms with E-state index in [0.29, 0.717) is 0 Å². The van der Waals surface area contributed by atoms with Gasteiger partial charge in [-0.3, -0.25) is 0 Å². The molecule has 0 bridgehead atoms. The van der Waals surface area contributed by atoms with Gasteiger partial charge < -0.3 is 4.74 Å². The monoisotopic (exact) mass is 457 g/mol. The average Bonchev–Trinajstić information content (AvgIpc) is 2.56. The van der Waals surface area contributed by atoms with E-state index >= 15 is 0 Å². The van der Waals surface area contributed by atoms with Gasteiger partial charge in [0.15, 0.2) is 0 Å². The van der Waals surface area contributed by atoms with Crippen molar-refractivity contribution < 1.29 is 66.6 Å². The molecular weight excluding hydrogens is 449 g/mol. The minimum Gasteiger partial charge on any atom is -0.461 e. The van der Waals surface area contributed by atoms with Crippen molar-refractivity contribution in [3.05, 3.63) is 12.2 Å². The first kappa shape index (κ1) is 26.8. The molecule has 1 atom stereocenters. The molecule has 0 aliphatic heterocycles. The predicted octanol–water partition coefficient (Wildman–Crippen LogP) is 4.98. The van der Waals surface area contributed by atoms with Crippen LogP contribution in [0, 0.1) is 17.2 Å². The van der Waals surface area contributed by atoms with Crippen molar-refractivity contribution in [3.63, 3.8) is 0 Å². The smallest absolute Gasteiger partial charge is 0.460 e. The molecule has 3 nitrogen and oxygen atoms in total. The molecule has 0 fully saturated rings. The normalized spacial score (nSPS) is 15.5. The summed E-state index contributed by atoms with van der Waals surface area (Å²) in [5, 5.41) is 8.23. The van der Waals surface area contributed by atoms with Gasteiger partial charge in [0.2, 0.25) is 0 Å². The van der Waals surface area contributed by atoms with Gasteiger partial charge in [0, 0.05) is 0 Å². The van der Waals surface area contributed by atoms with Crippen LogP contribution < -0.4 is 0 Å². The summed E-state index contributed by atoms with van der Waals surface area (Å²) in [5.74, 6) is -42.7. The summed E-state index contributed by atoms with van der Waals surface area (Å²) in [6, 6.07) is 1.02. The molecule has 0 aliphatic rings. The number of hydrogen-bond donors (Lipinski definition) is 0. The van der Waals surface area contributed by atoms with Gasteiger partial charge in [-0.05, 0) is 0 Å². The van der Waals surface area contributed by atoms with Crippen molar-refractivity contribution in [2.24, 2.45) is 5.92 Å². The van der Waals surface area contributed by atoms with Crippen molar-refractivity contribution in [1.29, 1.82) is 5.26 Å². The molecule has 29 heavy (non-hydrogen) atoms. The minimum atomic E-state index is -8.00. The Bertz CT molecular complexity index is 690. The van der Waals surface area contributed by atoms with E-state index in [1.54, 1.807) is 0 Å². The molecule has 16 heteroatoms. The van der Waals surface area contributed by atoms with Gasteiger partial charge in [-0.25, -0.2) is 4.79 Å². The van der Waals surface area contributed by atoms with E-state index in [9.17, 15) is 61.9 Å². The Labute approximate surface area is 152 Å². The third kappa shape index (κ3) is 4.08. The van der Waals surface area contributed by atoms with Crippen molar-refractivity contribution in [2.45, 2.75) is 42.7 Å². The Morgan fingerprint density at radius 3 is 1.59 bits per heavy atom. The molecule has 0 radical (unpaired) electrons. The standard InChI is InChI=1S/C13H8F13NO2/c1-5(3-27)7(28)29-4-6(2)8(14,15)9(16,17)10(18,19)11(20,21)12(22,23)13(24,25)26/h6H,1,4H2,2H3. The first-order chi connectivity index (χ1) is 12.5. The zero-order valence-corrected chi connectivity index (χ0v) is 13.7. The van der Waals surface area contributed by atoms with Crippen LogP contribution in [0.15, 0.2) is 12.2 Å². The largest absolute Gasteiger partial charge is 0.461 e. The highest BCUT2D eigenvalue weighted by Gasteiger charge is 2.91. The van der Waals surface area contributed by atoms with E-state index in [1.165, 1.54) is 0 Å². The Hall–Kier alpha value is -2.21. The summed E-state index contributed by atoms with van der Waals surface area (Å²) < 4.78 is 172. The van der Waals surface area contributed by atoms with Crippen molar-refractivity contribution in [2.75, 3.05) is 6.61 Å². The lowest BCUT2D eigenvalue weighted by Crippen LogP contribution is -2.71. The third-order valence-electron chi connectivity index (χ3n) is 3.42. The van der Waals surface area contributed by atoms with Crippen LogP contribution in [0.5, 0.6) is 0 Å². The molecule has 0 rings (SSSR count). The number of carbonyl (C=O) groups is 1. The third-order valence-corrected chi connectivity index (χ3v) is 3.42. The van der Waals surface area contributed by atoms with Crippen LogP contribution in [0.3, 0.4) is 0 Å². The lowest BCUT2D eigenvalue weighted by atomic mass is 9.88. The zero-order chi connectivity index (χ0) is 23.9. The highest BCUT2D eigenvalue weighted by molar-refractivity contribution is 5.91. The van der Waals surface area contributed by atoms with Gasteiger partial charge in [0.1, 0.15) is 18.2 Å². The van der Waals surface area contributed by atoms with Gasteiger partial charge in [-0.2, -0.15) is 62.3 Å². The fourth-order valence-corrected chi connectivity index (χ4v) is 1.53. The fourth-order valence-electron chi connectivity index (χ4n) is 1.53. The molecule has 0 amide bonds. The van der Waals surface area contributed by atoms with Gasteiger partial charge in [0.25, 0.3) is 0 Å². The number of ether oxygens (including phenoxy) is 1. The molecule has 0 aliphatic carbocycles. The average molecular weight is 457 g/mol. The number of hydrogen-bond acceptors (Lipinski definition) is 3. The topological polar surface area (TPSA) is 50.1 Å². The van der Waals surface area contributed by atoms with Gasteiger partial charge in [-0.1, -0.05) is 13.5 Å². The maximum absolute atomic E-state index is 13.7. The minimum absolute atomic E-state index is 0.0908. The summed E-state index contributed by atoms with van der Waals surface area (Å²) in [6.45, 7) is 0.667. The van der Waals surface area contributed by atoms with E-state index in [0.717, 1.165) is 6.07 Å². The number of rotatable bonds is 8. The molecule has 0 saturated carbocycles. The number of nitrogens with zero attached hydrogens (tertiary/aromatic N) is 1. The number of nitriles is 1. The molecule has 0 spiro atoms. The Morgan fingerprint density at radius 2 is 1.24 bits per heavy atom. The molecule has 0 heterocycles. The second kappa shape index (κ2) is 7.56. The SMILES string of the molecule is C=C(C#N)C(=O)OCC(C)C(F)(F)C(F)(F)C(F)(F)C(F)(F)C(F)(F)C(F)(F)F. The van der Waals surface area contributed by atoms with Crippen LogP contribution in [-0.4, -0.2) is 48.4 Å². The molecule has 0 aromatic carbocycles. The van der Waals surface area contributed by atoms with Crippen LogP contribution in [0.1, 0.15) is 6.92 Å². The van der Waals surface area contributed by atoms with Crippen molar-refractivity contribution in [1.82, 2.24) is 0 Å². The molecule has 0 saturated heterocycles. The highest BCUT2D eigenvalue weighted by Crippen LogP contribution is 2.61. The van der Waals surface area contributed by atoms with E-state index in [1.807, 2.05) is 0 Å². The molecule has 0 N–H and O–H groups in total. The van der Waals surface area contributed by atoms with Gasteiger partial charge in [0.05, 0.1) is 5.92 Å². The number of alkyl halides is 13. The summed E-state index contributed by atoms with van der Waals surface area (Å²) in [4.78, 5) is 11.0. The number of carbonyl (C=O) groups excluding carboxylic acids is 1. The lowest BCUT2D eigenvalue weighted by molar-refractivity contribution is -0.443. The molecule has 0 aromatic rings. The fraction of sp³-hybridized carbons (Fsp3) is 0.692. The number of halogens is 13. The maximum Gasteiger partial charge on any atom is 0.460 e. The van der Waals surface area contributed by atoms with Crippen LogP contribution in [0.4, 0.5) is 57.1 Å². The summed E-state index contributed by atoms with van der Waals surface area (Å²) in [5.41, 5.74) is -1.08. The summed E-state index contributed by atoms with van der Waals surface area (Å²) in [7, 11) is 0. The van der Waals surface area contributed by atoms with Crippen LogP contribution in [-0.2, 0) is 9.53 Å². The second-order valence-corrected chi connectivity index (χ2v) is 5.51. The van der Waals surface area contributed by atoms with Crippen molar-refractivity contribution in [3.8, 4) is 6.07 Å². The molecule has 0 aromatic heterocycles. The van der Waals surface area contributed by atoms with Crippen LogP contribution in [0.2, 0.25) is 0 Å². The Morgan fingerprint density at radius 1 is 0.862 bits per heavy atom. The molecule has 1 unspecified atom stereocenters. The summed E-state index contributed by atoms with van der Waals surface area (Å²) >= 11 is 0. The first-order valence-corrected chi connectivity index (χ1v) is 6.76. The van der Waals surface area contributed by atoms with E-state index in [2.05, 4.69) is 11.3 Å². The van der Waals surface area contributed by atoms with Gasteiger partial charge >= 0.3 is 41.8 Å². The van der Waals surface area contributed by atoms with Crippen LogP contribution in [0.25, 0.3) is 0 Å². The predicted molar refractivity (Wildman–Crippen MR) is 65.7 cm³/mol. The Kier molecular flexibility index (Phi) is 6.98. The number of esters is 1. The van der Waals surface area contributed by atoms with Crippen LogP contribution >= 0.6 is 0 Å². The quantitative estimate of drug-likeness (QED) is 0.224. The first-order valence-electron chi connectivity index (χ1n) is 6.76. The molecule has 168 valence electrons. The highest BCUT2D eigenvalue weighted by atomic mass is 19.4. The van der Waals surface area contributed by atoms with E-state index < -0.39 is 59.9 Å². The summed E-state index contributed by atoms with van der Waals surface area (Å²) in [6.07, 6.45) is -7.50. The van der Waals surface area contributed by atoms with E-state index in [4.69, 9.17) is 5.26 Å². The second-order valence-electron chi connectivity index (χ2n) is 5.51. The zero-order valence-electron chi connectivity index (χ0n) is 13.7. The molecular formula is C13H8F13NO2. The van der Waals surface area contributed by atoms with Crippen molar-refractivity contribution >= 4 is 5.97 Å². The lowest BCUT2D eigenvalue weighted by Gasteiger charge is -2.41.